The van der Waals surface area contributed by atoms with Crippen LogP contribution in [0.25, 0.3) is 16.7 Å². The number of imidazole rings is 1. The zero-order valence-corrected chi connectivity index (χ0v) is 36.2. The van der Waals surface area contributed by atoms with Crippen LogP contribution in [0.5, 0.6) is 0 Å². The minimum Gasteiger partial charge on any atom is -0.374 e. The van der Waals surface area contributed by atoms with Gasteiger partial charge in [-0.25, -0.2) is 33.1 Å². The maximum Gasteiger partial charge on any atom is 0.329 e. The van der Waals surface area contributed by atoms with Crippen molar-refractivity contribution in [2.75, 3.05) is 44.2 Å². The Kier molecular flexibility index (Phi) is 10.4. The van der Waals surface area contributed by atoms with E-state index in [1.54, 1.807) is 42.1 Å². The monoisotopic (exact) mass is 902 g/mol. The molecule has 0 radical (unpaired) electrons. The van der Waals surface area contributed by atoms with E-state index >= 15 is 0 Å². The molecule has 2 N–H and O–H groups in total. The molecule has 6 aliphatic heterocycles. The second kappa shape index (κ2) is 16.3. The fraction of sp³-hybridized carbons (Fsp3) is 0.457. The number of rotatable bonds is 8. The first-order valence-corrected chi connectivity index (χ1v) is 22.5. The smallest absolute Gasteiger partial charge is 0.329 e. The van der Waals surface area contributed by atoms with Crippen LogP contribution in [0.3, 0.4) is 0 Å². The third kappa shape index (κ3) is 7.35. The number of carbonyl (C=O) groups excluding carboxylic acids is 4. The molecular formula is C46H48F2N12O6. The Labute approximate surface area is 376 Å². The van der Waals surface area contributed by atoms with Crippen LogP contribution in [0.2, 0.25) is 0 Å². The first kappa shape index (κ1) is 42.0. The van der Waals surface area contributed by atoms with Gasteiger partial charge in [-0.3, -0.25) is 38.5 Å². The SMILES string of the molecule is Cn1c(=O)n(C2CCC(=O)NC2=O)c2cccc(CN3CCC4(CC3)CCN(C(=O)c3ccc(C5N=C(NC(=O)c6cnn7ccc(N8C[C@H]9C[C@@H]8CO9)nc67)C(C(F)F)=N5)cc3)CC4)c21. The van der Waals surface area contributed by atoms with Crippen molar-refractivity contribution >= 4 is 57.7 Å². The molecule has 9 heterocycles. The zero-order valence-electron chi connectivity index (χ0n) is 36.2. The lowest BCUT2D eigenvalue weighted by Crippen LogP contribution is -2.48. The quantitative estimate of drug-likeness (QED) is 0.218. The third-order valence-electron chi connectivity index (χ3n) is 14.6. The molecule has 5 saturated heterocycles. The lowest BCUT2D eigenvalue weighted by Gasteiger charge is -2.47. The summed E-state index contributed by atoms with van der Waals surface area (Å²) in [6.07, 6.45) is 4.27. The van der Waals surface area contributed by atoms with Crippen LogP contribution in [0, 0.1) is 5.41 Å². The van der Waals surface area contributed by atoms with Gasteiger partial charge < -0.3 is 19.9 Å². The number of morpholine rings is 1. The molecule has 5 fully saturated rings. The number of hydrogen-bond acceptors (Lipinski definition) is 12. The second-order valence-electron chi connectivity index (χ2n) is 18.4. The van der Waals surface area contributed by atoms with Crippen molar-refractivity contribution in [2.45, 2.75) is 82.3 Å². The molecule has 4 amide bonds. The molecule has 1 spiro atoms. The Morgan fingerprint density at radius 2 is 1.76 bits per heavy atom. The number of carbonyl (C=O) groups is 4. The summed E-state index contributed by atoms with van der Waals surface area (Å²) < 4.78 is 38.9. The van der Waals surface area contributed by atoms with Crippen LogP contribution in [0.15, 0.2) is 75.7 Å². The molecule has 18 nitrogen and oxygen atoms in total. The lowest BCUT2D eigenvalue weighted by atomic mass is 9.71. The number of imide groups is 1. The van der Waals surface area contributed by atoms with Crippen LogP contribution < -0.4 is 21.2 Å². The van der Waals surface area contributed by atoms with Gasteiger partial charge in [-0.2, -0.15) is 5.10 Å². The molecule has 2 unspecified atom stereocenters. The van der Waals surface area contributed by atoms with Gasteiger partial charge in [0.15, 0.2) is 17.6 Å². The van der Waals surface area contributed by atoms with Gasteiger partial charge in [-0.05, 0) is 92.4 Å². The molecule has 20 heteroatoms. The third-order valence-corrected chi connectivity index (χ3v) is 14.6. The van der Waals surface area contributed by atoms with E-state index in [-0.39, 0.29) is 65.0 Å². The van der Waals surface area contributed by atoms with Crippen molar-refractivity contribution < 1.29 is 32.7 Å². The standard InChI is InChI=1S/C46H48F2N12O6/c1-55-37-28(3-2-4-32(37)60(45(55)65)33-9-10-35(61)51-43(33)63)23-56-17-12-46(13-18-56)14-19-57(20-15-46)44(64)27-7-5-26(6-8-27)39-52-36(38(47)48)40(53-39)54-42(62)31-22-49-59-16-11-34(50-41(31)59)58-24-30-21-29(58)25-66-30/h2-8,11,16,22,29-30,33,38-39H,9-10,12-15,17-21,23-25H2,1H3,(H,51,61,63)(H,53,54,62)/t29-,30-,33?,39?/m1/s1. The van der Waals surface area contributed by atoms with Gasteiger partial charge in [-0.1, -0.05) is 24.3 Å². The molecule has 342 valence electrons. The van der Waals surface area contributed by atoms with Gasteiger partial charge in [0.1, 0.15) is 23.1 Å². The maximum absolute atomic E-state index is 14.3. The molecular weight excluding hydrogens is 855 g/mol. The highest BCUT2D eigenvalue weighted by molar-refractivity contribution is 6.46. The van der Waals surface area contributed by atoms with E-state index in [9.17, 15) is 32.8 Å². The van der Waals surface area contributed by atoms with Crippen molar-refractivity contribution in [3.63, 3.8) is 0 Å². The van der Waals surface area contributed by atoms with Gasteiger partial charge in [-0.15, -0.1) is 0 Å². The minimum absolute atomic E-state index is 0.104. The van der Waals surface area contributed by atoms with E-state index in [1.807, 2.05) is 29.2 Å². The van der Waals surface area contributed by atoms with Gasteiger partial charge >= 0.3 is 5.69 Å². The Hall–Kier alpha value is -6.67. The summed E-state index contributed by atoms with van der Waals surface area (Å²) in [5, 5.41) is 9.15. The van der Waals surface area contributed by atoms with Crippen LogP contribution >= 0.6 is 0 Å². The van der Waals surface area contributed by atoms with E-state index in [0.29, 0.717) is 55.2 Å². The van der Waals surface area contributed by atoms with Crippen molar-refractivity contribution in [1.82, 2.24) is 44.2 Å². The van der Waals surface area contributed by atoms with Gasteiger partial charge in [0.25, 0.3) is 18.2 Å². The maximum atomic E-state index is 14.3. The number of hydrogen-bond donors (Lipinski definition) is 2. The van der Waals surface area contributed by atoms with Crippen LogP contribution in [-0.2, 0) is 27.9 Å². The number of aryl methyl sites for hydroxylation is 1. The average molecular weight is 903 g/mol. The predicted octanol–water partition coefficient (Wildman–Crippen LogP) is 3.40. The number of nitrogens with zero attached hydrogens (tertiary/aromatic N) is 10. The Balaban J connectivity index is 0.703. The first-order chi connectivity index (χ1) is 31.9. The summed E-state index contributed by atoms with van der Waals surface area (Å²) in [7, 11) is 1.72. The van der Waals surface area contributed by atoms with Gasteiger partial charge in [0.05, 0.1) is 36.0 Å². The fourth-order valence-corrected chi connectivity index (χ4v) is 10.8. The first-order valence-electron chi connectivity index (χ1n) is 22.5. The van der Waals surface area contributed by atoms with Crippen LogP contribution in [0.4, 0.5) is 14.6 Å². The summed E-state index contributed by atoms with van der Waals surface area (Å²) in [6, 6.07) is 13.7. The van der Waals surface area contributed by atoms with Crippen LogP contribution in [0.1, 0.15) is 89.0 Å². The van der Waals surface area contributed by atoms with Crippen molar-refractivity contribution in [3.05, 3.63) is 93.7 Å². The molecule has 11 rings (SSSR count). The van der Waals surface area contributed by atoms with Gasteiger partial charge in [0, 0.05) is 51.4 Å². The number of amides is 4. The van der Waals surface area contributed by atoms with E-state index < -0.39 is 36.2 Å². The van der Waals surface area contributed by atoms with Crippen LogP contribution in [-0.4, -0.2) is 127 Å². The number of alkyl halides is 2. The number of fused-ring (bicyclic) bond motifs is 4. The van der Waals surface area contributed by atoms with Gasteiger partial charge in [0.2, 0.25) is 11.8 Å². The van der Waals surface area contributed by atoms with Crippen molar-refractivity contribution in [3.8, 4) is 0 Å². The summed E-state index contributed by atoms with van der Waals surface area (Å²) >= 11 is 0. The number of halogens is 2. The highest BCUT2D eigenvalue weighted by atomic mass is 19.3. The molecule has 6 aliphatic rings. The molecule has 3 aromatic heterocycles. The fourth-order valence-electron chi connectivity index (χ4n) is 10.8. The molecule has 2 aromatic carbocycles. The highest BCUT2D eigenvalue weighted by Crippen LogP contribution is 2.42. The molecule has 5 aromatic rings. The number of para-hydroxylation sites is 1. The number of aliphatic imine (C=N–C) groups is 2. The molecule has 66 heavy (non-hydrogen) atoms. The molecule has 4 atom stereocenters. The number of amidine groups is 1. The van der Waals surface area contributed by atoms with E-state index in [0.717, 1.165) is 56.3 Å². The zero-order chi connectivity index (χ0) is 45.4. The summed E-state index contributed by atoms with van der Waals surface area (Å²) in [5.74, 6) is -1.22. The Morgan fingerprint density at radius 1 is 0.985 bits per heavy atom. The van der Waals surface area contributed by atoms with E-state index in [2.05, 4.69) is 35.5 Å². The van der Waals surface area contributed by atoms with E-state index in [4.69, 9.17) is 9.72 Å². The summed E-state index contributed by atoms with van der Waals surface area (Å²) in [5.41, 5.74) is 3.03. The lowest BCUT2D eigenvalue weighted by molar-refractivity contribution is -0.135. The number of nitrogens with one attached hydrogen (secondary N) is 2. The number of aromatic nitrogens is 5. The summed E-state index contributed by atoms with van der Waals surface area (Å²) in [6.45, 7) is 4.93. The average Bonchev–Trinajstić information content (AvgIpc) is 4.18. The number of likely N-dealkylation sites (tertiary alicyclic amines) is 2. The minimum atomic E-state index is -3.00. The normalized spacial score (nSPS) is 24.2. The second-order valence-corrected chi connectivity index (χ2v) is 18.4. The summed E-state index contributed by atoms with van der Waals surface area (Å²) in [4.78, 5) is 84.9. The number of piperidine rings is 3. The topological polar surface area (TPSA) is 193 Å². The largest absolute Gasteiger partial charge is 0.374 e. The number of anilines is 1. The predicted molar refractivity (Wildman–Crippen MR) is 237 cm³/mol. The molecule has 0 aliphatic carbocycles. The number of benzene rings is 2. The Bertz CT molecular complexity index is 2920. The van der Waals surface area contributed by atoms with Crippen molar-refractivity contribution in [1.29, 1.82) is 0 Å². The molecule has 2 bridgehead atoms. The van der Waals surface area contributed by atoms with E-state index in [1.165, 1.54) is 15.3 Å². The van der Waals surface area contributed by atoms with Crippen molar-refractivity contribution in [2.24, 2.45) is 22.4 Å². The Morgan fingerprint density at radius 3 is 2.47 bits per heavy atom. The molecule has 0 saturated carbocycles. The highest BCUT2D eigenvalue weighted by Gasteiger charge is 2.41. The number of ether oxygens (including phenoxy) is 1.